The number of hydrogen-bond acceptors (Lipinski definition) is 8. The van der Waals surface area contributed by atoms with E-state index in [1.54, 1.807) is 0 Å². The van der Waals surface area contributed by atoms with Crippen molar-refractivity contribution in [3.05, 3.63) is 11.1 Å². The summed E-state index contributed by atoms with van der Waals surface area (Å²) in [7, 11) is 79.4. The molecule has 0 amide bonds. The fourth-order valence-corrected chi connectivity index (χ4v) is 14.4. The number of rotatable bonds is 3. The van der Waals surface area contributed by atoms with Crippen molar-refractivity contribution in [2.45, 2.75) is 75.9 Å². The van der Waals surface area contributed by atoms with Crippen LogP contribution in [-0.4, -0.2) is 124 Å². The van der Waals surface area contributed by atoms with Gasteiger partial charge in [0, 0.05) is 27.5 Å². The van der Waals surface area contributed by atoms with Crippen LogP contribution in [0.5, 0.6) is 17.2 Å². The lowest BCUT2D eigenvalue weighted by Gasteiger charge is -2.61. The number of aromatic hydroxyl groups is 3. The standard InChI is InChI=1S/C46H31B12N3O5/c1-11-4-12-2-3-15(6-12)45(11)24-23(46(66-45)16-7-13-5-14(9-16)10-17(46)8-13)25(47)18-19-26(48)32(54)30(52)22(40(19)65-41(18)37(24)62)44-60-42(20-27(49)33(55)35(57)34(56)28(20)50)59-43(61-44)21-29(51)36(58)39(64)38(63)31(21)53/h11-17,62-64H,2-10H2,1H3. The second kappa shape index (κ2) is 14.2. The minimum Gasteiger partial charge on any atom is -0.505 e. The van der Waals surface area contributed by atoms with Gasteiger partial charge in [-0.2, -0.15) is 0 Å². The van der Waals surface area contributed by atoms with E-state index >= 15 is 0 Å². The van der Waals surface area contributed by atoms with Crippen LogP contribution in [0, 0.1) is 41.4 Å². The van der Waals surface area contributed by atoms with Gasteiger partial charge in [-0.1, -0.05) is 51.6 Å². The van der Waals surface area contributed by atoms with Crippen LogP contribution in [0.4, 0.5) is 0 Å². The van der Waals surface area contributed by atoms with Gasteiger partial charge in [0.25, 0.3) is 0 Å². The van der Waals surface area contributed by atoms with E-state index in [9.17, 15) is 15.3 Å². The zero-order chi connectivity index (χ0) is 46.5. The molecule has 296 valence electrons. The highest BCUT2D eigenvalue weighted by Crippen LogP contribution is 2.73. The summed E-state index contributed by atoms with van der Waals surface area (Å²) in [6.07, 6.45) is 9.45. The third-order valence-corrected chi connectivity index (χ3v) is 17.1. The number of phenolic OH excluding ortho intramolecular Hbond substituents is 3. The zero-order valence-electron chi connectivity index (χ0n) is 36.3. The lowest BCUT2D eigenvalue weighted by Crippen LogP contribution is -2.58. The van der Waals surface area contributed by atoms with Gasteiger partial charge in [0.1, 0.15) is 117 Å². The molecule has 6 aliphatic carbocycles. The molecule has 6 bridgehead atoms. The maximum absolute atomic E-state index is 13.1. The lowest BCUT2D eigenvalue weighted by atomic mass is 9.47. The van der Waals surface area contributed by atoms with Crippen LogP contribution in [0.3, 0.4) is 0 Å². The molecule has 3 heterocycles. The Hall–Kier alpha value is -4.17. The summed E-state index contributed by atoms with van der Waals surface area (Å²) in [5, 5.41) is 35.2. The summed E-state index contributed by atoms with van der Waals surface area (Å²) in [6.45, 7) is 2.26. The molecule has 20 heteroatoms. The van der Waals surface area contributed by atoms with Crippen LogP contribution in [-0.2, 0) is 15.9 Å². The molecule has 66 heavy (non-hydrogen) atoms. The van der Waals surface area contributed by atoms with E-state index < -0.39 is 33.6 Å². The summed E-state index contributed by atoms with van der Waals surface area (Å²) in [4.78, 5) is 14.3. The van der Waals surface area contributed by atoms with Gasteiger partial charge in [-0.05, 0) is 104 Å². The van der Waals surface area contributed by atoms with Crippen molar-refractivity contribution >= 4 is 182 Å². The van der Waals surface area contributed by atoms with Gasteiger partial charge >= 0.3 is 0 Å². The van der Waals surface area contributed by atoms with Crippen LogP contribution < -0.4 is 65.6 Å². The molecule has 6 saturated carbocycles. The van der Waals surface area contributed by atoms with Gasteiger partial charge in [0.05, 0.1) is 11.2 Å². The summed E-state index contributed by atoms with van der Waals surface area (Å²) < 4.78 is 14.8. The quantitative estimate of drug-likeness (QED) is 0.121. The van der Waals surface area contributed by atoms with E-state index in [4.69, 9.17) is 113 Å². The van der Waals surface area contributed by atoms with Crippen LogP contribution in [0.1, 0.15) is 75.8 Å². The van der Waals surface area contributed by atoms with Crippen molar-refractivity contribution in [3.63, 3.8) is 0 Å². The normalized spacial score (nSPS) is 29.3. The molecular formula is C46H31B12N3O5. The summed E-state index contributed by atoms with van der Waals surface area (Å²) in [5.74, 6) is 0.237. The summed E-state index contributed by atoms with van der Waals surface area (Å²) >= 11 is 0. The molecule has 7 aliphatic rings. The Morgan fingerprint density at radius 2 is 0.894 bits per heavy atom. The number of aromatic nitrogens is 3. The third-order valence-electron chi connectivity index (χ3n) is 17.1. The van der Waals surface area contributed by atoms with Gasteiger partial charge in [-0.15, -0.1) is 21.9 Å². The van der Waals surface area contributed by atoms with Gasteiger partial charge in [-0.25, -0.2) is 15.0 Å². The van der Waals surface area contributed by atoms with E-state index in [0.29, 0.717) is 28.6 Å². The molecule has 2 aromatic heterocycles. The molecule has 6 aromatic rings. The molecule has 24 radical (unpaired) electrons. The van der Waals surface area contributed by atoms with E-state index in [0.717, 1.165) is 62.5 Å². The van der Waals surface area contributed by atoms with Crippen molar-refractivity contribution < 1.29 is 24.5 Å². The largest absolute Gasteiger partial charge is 0.505 e. The highest BCUT2D eigenvalue weighted by Gasteiger charge is 2.70. The Balaban J connectivity index is 1.19. The Bertz CT molecular complexity index is 3060. The molecule has 2 spiro atoms. The number of fused-ring (bicyclic) bond motifs is 8. The first-order valence-electron chi connectivity index (χ1n) is 22.6. The third kappa shape index (κ3) is 5.24. The minimum absolute atomic E-state index is 0.0124. The molecule has 8 nitrogen and oxygen atoms in total. The van der Waals surface area contributed by atoms with Crippen molar-refractivity contribution in [2.24, 2.45) is 41.4 Å². The van der Waals surface area contributed by atoms with E-state index in [1.807, 2.05) is 0 Å². The number of benzene rings is 4. The van der Waals surface area contributed by atoms with Crippen LogP contribution in [0.15, 0.2) is 4.42 Å². The number of ether oxygens (including phenoxy) is 1. The Kier molecular flexibility index (Phi) is 9.28. The fourth-order valence-electron chi connectivity index (χ4n) is 14.4. The second-order valence-corrected chi connectivity index (χ2v) is 20.2. The second-order valence-electron chi connectivity index (χ2n) is 20.2. The first-order chi connectivity index (χ1) is 31.3. The molecule has 0 saturated heterocycles. The average Bonchev–Trinajstić information content (AvgIpc) is 3.99. The average molecular weight is 836 g/mol. The molecule has 3 N–H and O–H groups in total. The summed E-state index contributed by atoms with van der Waals surface area (Å²) in [6, 6.07) is 0. The highest BCUT2D eigenvalue weighted by molar-refractivity contribution is 6.69. The van der Waals surface area contributed by atoms with Crippen molar-refractivity contribution in [1.29, 1.82) is 0 Å². The van der Waals surface area contributed by atoms with Crippen LogP contribution in [0.25, 0.3) is 56.1 Å². The van der Waals surface area contributed by atoms with Crippen LogP contribution >= 0.6 is 0 Å². The van der Waals surface area contributed by atoms with Crippen LogP contribution in [0.2, 0.25) is 0 Å². The molecular weight excluding hydrogens is 804 g/mol. The smallest absolute Gasteiger partial charge is 0.176 e. The molecule has 1 aliphatic heterocycles. The number of furan rings is 1. The molecule has 4 unspecified atom stereocenters. The summed E-state index contributed by atoms with van der Waals surface area (Å²) in [5.41, 5.74) is -1.34. The van der Waals surface area contributed by atoms with Crippen molar-refractivity contribution in [1.82, 2.24) is 15.0 Å². The Morgan fingerprint density at radius 1 is 0.424 bits per heavy atom. The number of hydrogen-bond donors (Lipinski definition) is 3. The first-order valence-corrected chi connectivity index (χ1v) is 22.6. The van der Waals surface area contributed by atoms with Gasteiger partial charge in [0.2, 0.25) is 0 Å². The lowest BCUT2D eigenvalue weighted by molar-refractivity contribution is -0.281. The maximum atomic E-state index is 13.1. The van der Waals surface area contributed by atoms with Crippen molar-refractivity contribution in [3.8, 4) is 51.4 Å². The molecule has 6 fully saturated rings. The molecule has 4 atom stereocenters. The topological polar surface area (TPSA) is 122 Å². The van der Waals surface area contributed by atoms with E-state index in [1.165, 1.54) is 6.42 Å². The fraction of sp³-hybridized carbons (Fsp3) is 0.413. The predicted octanol–water partition coefficient (Wildman–Crippen LogP) is -4.25. The molecule has 13 rings (SSSR count). The Labute approximate surface area is 399 Å². The Morgan fingerprint density at radius 3 is 1.50 bits per heavy atom. The maximum Gasteiger partial charge on any atom is 0.176 e. The monoisotopic (exact) mass is 837 g/mol. The number of phenols is 3. The van der Waals surface area contributed by atoms with Gasteiger partial charge in [-0.3, -0.25) is 0 Å². The number of nitrogens with zero attached hydrogens (tertiary/aromatic N) is 3. The van der Waals surface area contributed by atoms with Crippen molar-refractivity contribution in [2.75, 3.05) is 0 Å². The van der Waals surface area contributed by atoms with Gasteiger partial charge < -0.3 is 24.5 Å². The van der Waals surface area contributed by atoms with E-state index in [2.05, 4.69) is 11.9 Å². The zero-order valence-corrected chi connectivity index (χ0v) is 36.3. The minimum atomic E-state index is -0.798. The SMILES string of the molecule is [B]c1c([B])c([B])c(-c2nc(-c3c([B])c([B])c(O)c(O)c3[B])nc(-c3c([B])c([B])c([B])c4c3oc3c(O)c5c(c([B])c34)C3(OC54C(C)CC5CCC4C5)C4CC5CC(C4)CC3C5)n2)c([B])c1[B]. The first kappa shape index (κ1) is 43.1. The predicted molar refractivity (Wildman–Crippen MR) is 269 cm³/mol. The molecule has 4 aromatic carbocycles. The van der Waals surface area contributed by atoms with Gasteiger partial charge in [0.15, 0.2) is 28.8 Å². The van der Waals surface area contributed by atoms with E-state index in [-0.39, 0.29) is 129 Å². The highest BCUT2D eigenvalue weighted by atomic mass is 16.5.